The van der Waals surface area contributed by atoms with Gasteiger partial charge in [0.05, 0.1) is 51.8 Å². The molecule has 17 heteroatoms. The molecule has 0 radical (unpaired) electrons. The molecule has 3 aromatic heterocycles. The molecular weight excluding hydrogens is 835 g/mol. The minimum atomic E-state index is -0.942. The van der Waals surface area contributed by atoms with E-state index in [4.69, 9.17) is 24.4 Å². The van der Waals surface area contributed by atoms with E-state index in [1.165, 1.54) is 11.0 Å². The van der Waals surface area contributed by atoms with Crippen LogP contribution >= 0.6 is 11.8 Å². The molecule has 6 rings (SSSR count). The summed E-state index contributed by atoms with van der Waals surface area (Å²) in [5.74, 6) is -1.24. The number of fused-ring (bicyclic) bond motifs is 1. The molecule has 346 valence electrons. The van der Waals surface area contributed by atoms with Gasteiger partial charge in [0.25, 0.3) is 12.4 Å². The Morgan fingerprint density at radius 1 is 1.14 bits per heavy atom. The monoisotopic (exact) mass is 899 g/mol. The Balaban J connectivity index is 1.31. The molecule has 0 aliphatic carbocycles. The van der Waals surface area contributed by atoms with E-state index in [1.54, 1.807) is 42.0 Å². The highest BCUT2D eigenvalue weighted by Gasteiger charge is 2.40. The van der Waals surface area contributed by atoms with Crippen LogP contribution in [0.1, 0.15) is 96.3 Å². The number of rotatable bonds is 19. The van der Waals surface area contributed by atoms with Crippen LogP contribution in [0.2, 0.25) is 0 Å². The molecule has 0 aromatic carbocycles. The van der Waals surface area contributed by atoms with E-state index in [0.717, 1.165) is 57.1 Å². The molecule has 6 heterocycles. The first-order chi connectivity index (χ1) is 30.6. The van der Waals surface area contributed by atoms with E-state index in [0.29, 0.717) is 51.2 Å². The molecule has 2 saturated heterocycles. The van der Waals surface area contributed by atoms with Gasteiger partial charge in [0.2, 0.25) is 17.7 Å². The number of nitrogens with zero attached hydrogens (tertiary/aromatic N) is 7. The Bertz CT molecular complexity index is 2240. The molecule has 4 amide bonds. The van der Waals surface area contributed by atoms with Gasteiger partial charge in [-0.05, 0) is 75.8 Å². The molecule has 3 aliphatic rings. The number of aliphatic imine (C=N–C) groups is 1. The molecule has 3 aromatic rings. The predicted octanol–water partition coefficient (Wildman–Crippen LogP) is 5.27. The van der Waals surface area contributed by atoms with E-state index in [2.05, 4.69) is 54.8 Å². The van der Waals surface area contributed by atoms with Crippen molar-refractivity contribution in [3.8, 4) is 11.3 Å². The number of methoxy groups -OCH3 is 1. The van der Waals surface area contributed by atoms with Crippen LogP contribution in [0.4, 0.5) is 0 Å². The van der Waals surface area contributed by atoms with Crippen LogP contribution < -0.4 is 10.7 Å². The number of hydrogen-bond donors (Lipinski definition) is 2. The van der Waals surface area contributed by atoms with Gasteiger partial charge in [0.1, 0.15) is 18.1 Å². The Hall–Kier alpha value is -5.13. The summed E-state index contributed by atoms with van der Waals surface area (Å²) in [6.45, 7) is 18.8. The van der Waals surface area contributed by atoms with Crippen LogP contribution in [0, 0.1) is 17.3 Å². The molecular formula is C47H65N9O7S. The number of hydrogen-bond acceptors (Lipinski definition) is 12. The van der Waals surface area contributed by atoms with E-state index in [-0.39, 0.29) is 55.4 Å². The number of likely N-dealkylation sites (tertiary alicyclic amines) is 1. The summed E-state index contributed by atoms with van der Waals surface area (Å²) in [5, 5.41) is 5.36. The van der Waals surface area contributed by atoms with Crippen LogP contribution in [0.15, 0.2) is 48.1 Å². The van der Waals surface area contributed by atoms with E-state index in [1.807, 2.05) is 32.9 Å². The number of aromatic nitrogens is 3. The van der Waals surface area contributed by atoms with E-state index >= 15 is 0 Å². The summed E-state index contributed by atoms with van der Waals surface area (Å²) < 4.78 is 13.3. The lowest BCUT2D eigenvalue weighted by Crippen LogP contribution is -2.59. The van der Waals surface area contributed by atoms with Crippen molar-refractivity contribution in [2.24, 2.45) is 22.2 Å². The lowest BCUT2D eigenvalue weighted by Gasteiger charge is -2.35. The van der Waals surface area contributed by atoms with Gasteiger partial charge in [-0.15, -0.1) is 11.8 Å². The van der Waals surface area contributed by atoms with Crippen molar-refractivity contribution < 1.29 is 33.4 Å². The maximum Gasteiger partial charge on any atom is 0.293 e. The second kappa shape index (κ2) is 21.2. The number of pyridine rings is 2. The lowest BCUT2D eigenvalue weighted by atomic mass is 9.85. The zero-order chi connectivity index (χ0) is 46.3. The van der Waals surface area contributed by atoms with Gasteiger partial charge in [-0.3, -0.25) is 39.0 Å². The fourth-order valence-corrected chi connectivity index (χ4v) is 10.2. The second-order valence-electron chi connectivity index (χ2n) is 18.1. The molecule has 0 spiro atoms. The zero-order valence-electron chi connectivity index (χ0n) is 38.6. The van der Waals surface area contributed by atoms with Gasteiger partial charge >= 0.3 is 0 Å². The van der Waals surface area contributed by atoms with Crippen molar-refractivity contribution in [2.75, 3.05) is 52.7 Å². The summed E-state index contributed by atoms with van der Waals surface area (Å²) in [5.41, 5.74) is 9.08. The zero-order valence-corrected chi connectivity index (χ0v) is 39.4. The first kappa shape index (κ1) is 48.3. The van der Waals surface area contributed by atoms with Gasteiger partial charge in [-0.1, -0.05) is 34.3 Å². The van der Waals surface area contributed by atoms with Crippen LogP contribution in [0.3, 0.4) is 0 Å². The third-order valence-electron chi connectivity index (χ3n) is 12.5. The van der Waals surface area contributed by atoms with Gasteiger partial charge in [-0.25, -0.2) is 10.4 Å². The normalized spacial score (nSPS) is 19.3. The maximum atomic E-state index is 14.3. The van der Waals surface area contributed by atoms with Gasteiger partial charge in [0.15, 0.2) is 0 Å². The average molecular weight is 900 g/mol. The molecule has 16 nitrogen and oxygen atoms in total. The van der Waals surface area contributed by atoms with Gasteiger partial charge in [0, 0.05) is 81.8 Å². The van der Waals surface area contributed by atoms with Crippen LogP contribution in [0.25, 0.3) is 22.3 Å². The molecule has 64 heavy (non-hydrogen) atoms. The number of nitrogens with one attached hydrogen (secondary N) is 2. The molecule has 0 bridgehead atoms. The molecule has 2 fully saturated rings. The van der Waals surface area contributed by atoms with E-state index < -0.39 is 29.3 Å². The summed E-state index contributed by atoms with van der Waals surface area (Å²) in [6.07, 6.45) is 5.75. The number of hydrazine groups is 1. The highest BCUT2D eigenvalue weighted by molar-refractivity contribution is 8.14. The van der Waals surface area contributed by atoms with Crippen molar-refractivity contribution >= 4 is 57.9 Å². The third kappa shape index (κ3) is 10.7. The highest BCUT2D eigenvalue weighted by Crippen LogP contribution is 2.41. The van der Waals surface area contributed by atoms with Crippen molar-refractivity contribution in [1.82, 2.24) is 40.1 Å². The Morgan fingerprint density at radius 3 is 2.59 bits per heavy atom. The van der Waals surface area contributed by atoms with Crippen LogP contribution in [-0.4, -0.2) is 129 Å². The summed E-state index contributed by atoms with van der Waals surface area (Å²) >= 11 is 1.54. The fourth-order valence-electron chi connectivity index (χ4n) is 9.16. The predicted molar refractivity (Wildman–Crippen MR) is 248 cm³/mol. The number of carbonyl (C=O) groups excluding carboxylic acids is 5. The summed E-state index contributed by atoms with van der Waals surface area (Å²) in [7, 11) is 3.29. The quantitative estimate of drug-likeness (QED) is 0.118. The van der Waals surface area contributed by atoms with Crippen molar-refractivity contribution in [3.05, 3.63) is 60.1 Å². The number of carbonyl (C=O) groups is 5. The van der Waals surface area contributed by atoms with Crippen LogP contribution in [0.5, 0.6) is 0 Å². The third-order valence-corrected chi connectivity index (χ3v) is 13.6. The summed E-state index contributed by atoms with van der Waals surface area (Å²) in [6, 6.07) is 5.99. The SMILES string of the molecule is C=CC(=O)N1CC[C@H](C(=O)N(C)[C@H](C(=O)N[C@@H](CC2=NC(c3ccc4c(n3)c(CC(C)(C)COC=O)c(-c3cccnc3[C@H](C)OC)n4CC)CS2)C(=O)N2CCCCN2)C(C)C)C1. The maximum absolute atomic E-state index is 14.3. The van der Waals surface area contributed by atoms with Crippen LogP contribution in [-0.2, 0) is 46.4 Å². The fraction of sp³-hybridized carbons (Fsp3) is 0.574. The minimum absolute atomic E-state index is 0.171. The Morgan fingerprint density at radius 2 is 1.92 bits per heavy atom. The molecule has 0 saturated carbocycles. The molecule has 1 unspecified atom stereocenters. The Labute approximate surface area is 380 Å². The first-order valence-electron chi connectivity index (χ1n) is 22.4. The van der Waals surface area contributed by atoms with Crippen molar-refractivity contribution in [3.63, 3.8) is 0 Å². The van der Waals surface area contributed by atoms with Gasteiger partial charge in [-0.2, -0.15) is 0 Å². The number of amides is 4. The Kier molecular flexibility index (Phi) is 16.0. The summed E-state index contributed by atoms with van der Waals surface area (Å²) in [4.78, 5) is 84.2. The lowest BCUT2D eigenvalue weighted by molar-refractivity contribution is -0.145. The molecule has 5 atom stereocenters. The highest BCUT2D eigenvalue weighted by atomic mass is 32.2. The van der Waals surface area contributed by atoms with Crippen molar-refractivity contribution in [2.45, 2.75) is 104 Å². The minimum Gasteiger partial charge on any atom is -0.467 e. The first-order valence-corrected chi connectivity index (χ1v) is 23.4. The van der Waals surface area contributed by atoms with Gasteiger partial charge < -0.3 is 29.2 Å². The smallest absolute Gasteiger partial charge is 0.293 e. The standard InChI is InChI=1S/C47H65N9O7S/c1-10-39(58)54-22-18-31(25-54)45(60)53(8)42(29(3)4)44(59)52-35(46(61)56-21-13-12-20-49-56)23-38-50-36(26-64-38)34-16-17-37-41(51-34)33(24-47(6,7)27-63-28-57)43(55(37)11-2)32-15-14-19-48-40(32)30(5)62-9/h10,14-17,19,28-31,35-36,42,49H,1,11-13,18,20-27H2,2-9H3,(H,52,59)/t30-,31-,35-,36?,42-/m0/s1. The average Bonchev–Trinajstić information content (AvgIpc) is 4.05. The number of thioether (sulfide) groups is 1. The number of ether oxygens (including phenoxy) is 2. The van der Waals surface area contributed by atoms with E-state index in [9.17, 15) is 24.0 Å². The largest absolute Gasteiger partial charge is 0.467 e. The molecule has 3 aliphatic heterocycles. The number of aryl methyl sites for hydroxylation is 1. The second-order valence-corrected chi connectivity index (χ2v) is 19.2. The molecule has 2 N–H and O–H groups in total. The topological polar surface area (TPSA) is 181 Å². The number of likely N-dealkylation sites (N-methyl/N-ethyl adjacent to an activating group) is 1. The van der Waals surface area contributed by atoms with Crippen molar-refractivity contribution in [1.29, 1.82) is 0 Å².